The van der Waals surface area contributed by atoms with Crippen LogP contribution in [0.3, 0.4) is 0 Å². The monoisotopic (exact) mass is 983 g/mol. The zero-order chi connectivity index (χ0) is 53.3. The van der Waals surface area contributed by atoms with Gasteiger partial charge < -0.3 is 24.4 Å². The molecule has 0 radical (unpaired) electrons. The molecule has 0 fully saturated rings. The van der Waals surface area contributed by atoms with Crippen molar-refractivity contribution < 1.29 is 43.6 Å². The van der Waals surface area contributed by atoms with Crippen molar-refractivity contribution in [2.24, 2.45) is 0 Å². The first kappa shape index (κ1) is 58.5. The predicted octanol–water partition coefficient (Wildman–Crippen LogP) is 12.7. The second-order valence-corrected chi connectivity index (χ2v) is 25.3. The summed E-state index contributed by atoms with van der Waals surface area (Å²) in [6.45, 7) is 34.1. The maximum absolute atomic E-state index is 13.0. The van der Waals surface area contributed by atoms with Gasteiger partial charge in [-0.15, -0.1) is 0 Å². The predicted molar refractivity (Wildman–Crippen MR) is 284 cm³/mol. The van der Waals surface area contributed by atoms with Crippen LogP contribution in [0.2, 0.25) is 0 Å². The molecule has 0 atom stereocenters. The molecule has 11 nitrogen and oxygen atoms in total. The van der Waals surface area contributed by atoms with E-state index in [0.29, 0.717) is 51.1 Å². The molecule has 0 saturated heterocycles. The molecule has 11 heteroatoms. The van der Waals surface area contributed by atoms with Gasteiger partial charge in [-0.1, -0.05) is 134 Å². The van der Waals surface area contributed by atoms with Gasteiger partial charge in [0.2, 0.25) is 11.8 Å². The van der Waals surface area contributed by atoms with Crippen molar-refractivity contribution in [1.82, 2.24) is 10.9 Å². The van der Waals surface area contributed by atoms with Gasteiger partial charge in [0.1, 0.15) is 22.8 Å². The molecular weight excluding hydrogens is 893 g/mol. The molecule has 0 aliphatic carbocycles. The average molecular weight is 983 g/mol. The van der Waals surface area contributed by atoms with E-state index >= 15 is 0 Å². The van der Waals surface area contributed by atoms with Crippen LogP contribution in [0.15, 0.2) is 36.4 Å². The lowest BCUT2D eigenvalue weighted by Crippen LogP contribution is -2.41. The molecule has 0 bridgehead atoms. The number of rotatable bonds is 22. The van der Waals surface area contributed by atoms with Gasteiger partial charge in [0.15, 0.2) is 0 Å². The zero-order valence-corrected chi connectivity index (χ0v) is 46.5. The number of hydrogen-bond donors (Lipinski definition) is 4. The van der Waals surface area contributed by atoms with Gasteiger partial charge in [0, 0.05) is 42.4 Å². The average Bonchev–Trinajstić information content (AvgIpc) is 3.24. The van der Waals surface area contributed by atoms with Crippen LogP contribution in [-0.4, -0.2) is 47.2 Å². The van der Waals surface area contributed by atoms with E-state index in [0.717, 1.165) is 94.3 Å². The molecule has 1 aliphatic rings. The van der Waals surface area contributed by atoms with E-state index in [-0.39, 0.29) is 76.0 Å². The molecule has 0 spiro atoms. The second kappa shape index (κ2) is 23.7. The van der Waals surface area contributed by atoms with Gasteiger partial charge in [0.05, 0.1) is 13.2 Å². The number of carbonyl (C=O) groups is 4. The molecule has 4 N–H and O–H groups in total. The summed E-state index contributed by atoms with van der Waals surface area (Å²) >= 11 is 0. The lowest BCUT2D eigenvalue weighted by Gasteiger charge is -2.42. The number of aryl methyl sites for hydroxylation is 3. The molecule has 0 unspecified atom stereocenters. The summed E-state index contributed by atoms with van der Waals surface area (Å²) in [5, 5.41) is 22.6. The van der Waals surface area contributed by atoms with Crippen LogP contribution < -0.4 is 15.6 Å². The minimum absolute atomic E-state index is 0.103. The fourth-order valence-electron chi connectivity index (χ4n) is 9.19. The molecule has 4 rings (SSSR count). The largest absolute Gasteiger partial charge is 0.507 e. The highest BCUT2D eigenvalue weighted by Gasteiger charge is 2.41. The van der Waals surface area contributed by atoms with Gasteiger partial charge in [0.25, 0.3) is 0 Å². The molecular formula is C60H90N2O9. The van der Waals surface area contributed by atoms with Crippen molar-refractivity contribution in [2.75, 3.05) is 13.2 Å². The quantitative estimate of drug-likeness (QED) is 0.0436. The molecule has 71 heavy (non-hydrogen) atoms. The zero-order valence-electron chi connectivity index (χ0n) is 46.5. The normalized spacial score (nSPS) is 13.7. The van der Waals surface area contributed by atoms with E-state index in [1.807, 2.05) is 38.1 Å². The SMILES string of the molecule is CC(C)(C)c1cc(CCC(=O)OCCCCCCOC(=O)CCCCC(C)(C)c2cc(CCC(=O)NNC(=O)CCc3cc(C(C)(C)C)c4c(c3)C(C)(C)O4)cc(C(C)(C)C)c2O)cc(C(C)(C)C)c1O. The minimum Gasteiger partial charge on any atom is -0.507 e. The highest BCUT2D eigenvalue weighted by molar-refractivity contribution is 5.82. The van der Waals surface area contributed by atoms with Gasteiger partial charge in [-0.05, 0) is 138 Å². The Bertz CT molecular complexity index is 2310. The van der Waals surface area contributed by atoms with Crippen molar-refractivity contribution in [2.45, 2.75) is 233 Å². The van der Waals surface area contributed by atoms with Gasteiger partial charge >= 0.3 is 11.9 Å². The van der Waals surface area contributed by atoms with E-state index in [1.54, 1.807) is 0 Å². The Kier molecular flexibility index (Phi) is 19.5. The number of hydrazine groups is 1. The number of benzene rings is 3. The van der Waals surface area contributed by atoms with E-state index in [9.17, 15) is 29.4 Å². The van der Waals surface area contributed by atoms with Crippen LogP contribution in [0.5, 0.6) is 17.2 Å². The van der Waals surface area contributed by atoms with E-state index in [1.165, 1.54) is 0 Å². The number of hydrogen-bond acceptors (Lipinski definition) is 9. The summed E-state index contributed by atoms with van der Waals surface area (Å²) in [6.07, 6.45) is 7.86. The number of aromatic hydroxyl groups is 2. The molecule has 0 aromatic heterocycles. The maximum atomic E-state index is 13.0. The van der Waals surface area contributed by atoms with Crippen molar-refractivity contribution in [1.29, 1.82) is 0 Å². The number of phenols is 2. The van der Waals surface area contributed by atoms with Crippen molar-refractivity contribution in [3.63, 3.8) is 0 Å². The van der Waals surface area contributed by atoms with E-state index in [2.05, 4.69) is 120 Å². The number of unbranched alkanes of at least 4 members (excludes halogenated alkanes) is 4. The smallest absolute Gasteiger partial charge is 0.306 e. The Morgan fingerprint density at radius 3 is 1.31 bits per heavy atom. The highest BCUT2D eigenvalue weighted by Crippen LogP contribution is 2.50. The number of ether oxygens (including phenoxy) is 3. The van der Waals surface area contributed by atoms with Crippen LogP contribution in [0, 0.1) is 0 Å². The molecule has 2 amide bonds. The molecule has 0 saturated carbocycles. The lowest BCUT2D eigenvalue weighted by atomic mass is 9.75. The molecule has 1 heterocycles. The van der Waals surface area contributed by atoms with Crippen molar-refractivity contribution in [3.05, 3.63) is 86.5 Å². The van der Waals surface area contributed by atoms with E-state index < -0.39 is 5.41 Å². The Morgan fingerprint density at radius 2 is 0.873 bits per heavy atom. The third-order valence-corrected chi connectivity index (χ3v) is 13.7. The lowest BCUT2D eigenvalue weighted by molar-refractivity contribution is -0.145. The van der Waals surface area contributed by atoms with E-state index in [4.69, 9.17) is 14.2 Å². The topological polar surface area (TPSA) is 160 Å². The second-order valence-electron chi connectivity index (χ2n) is 25.3. The number of phenolic OH excluding ortho intramolecular Hbond substituents is 2. The van der Waals surface area contributed by atoms with Crippen LogP contribution in [-0.2, 0) is 80.6 Å². The third kappa shape index (κ3) is 17.0. The van der Waals surface area contributed by atoms with Crippen LogP contribution >= 0.6 is 0 Å². The minimum atomic E-state index is -0.413. The summed E-state index contributed by atoms with van der Waals surface area (Å²) < 4.78 is 17.1. The Labute approximate surface area is 427 Å². The first-order valence-electron chi connectivity index (χ1n) is 26.2. The highest BCUT2D eigenvalue weighted by atomic mass is 16.5. The van der Waals surface area contributed by atoms with Crippen molar-refractivity contribution in [3.8, 4) is 17.2 Å². The first-order chi connectivity index (χ1) is 32.7. The van der Waals surface area contributed by atoms with Gasteiger partial charge in [-0.2, -0.15) is 0 Å². The summed E-state index contributed by atoms with van der Waals surface area (Å²) in [4.78, 5) is 51.0. The number of carbonyl (C=O) groups excluding carboxylic acids is 4. The molecule has 394 valence electrons. The third-order valence-electron chi connectivity index (χ3n) is 13.7. The first-order valence-corrected chi connectivity index (χ1v) is 26.2. The summed E-state index contributed by atoms with van der Waals surface area (Å²) in [6, 6.07) is 12.2. The summed E-state index contributed by atoms with van der Waals surface area (Å²) in [5.41, 5.74) is 12.2. The van der Waals surface area contributed by atoms with Crippen LogP contribution in [0.4, 0.5) is 0 Å². The fraction of sp³-hybridized carbons (Fsp3) is 0.633. The fourth-order valence-corrected chi connectivity index (χ4v) is 9.19. The Balaban J connectivity index is 1.14. The standard InChI is InChI=1S/C60H90N2O9/c1-55(2,3)42-34-41(35-43(52(42)67)56(4,5)6)26-29-51(66)70-32-22-18-17-21-31-69-50(65)23-19-20-30-59(13,14)45-36-39(33-44(53(45)68)57(7,8)9)24-27-48(63)61-62-49(64)28-25-40-37-46(58(10,11)12)54-47(38-40)60(15,16)71-54/h33-38,67-68H,17-32H2,1-16H3,(H,61,63)(H,62,64). The number of nitrogens with one attached hydrogen (secondary N) is 2. The van der Waals surface area contributed by atoms with Gasteiger partial charge in [-0.3, -0.25) is 30.0 Å². The number of fused-ring (bicyclic) bond motifs is 1. The molecule has 1 aliphatic heterocycles. The van der Waals surface area contributed by atoms with Crippen molar-refractivity contribution >= 4 is 23.8 Å². The number of amides is 2. The van der Waals surface area contributed by atoms with Crippen LogP contribution in [0.1, 0.15) is 231 Å². The molecule has 3 aromatic carbocycles. The summed E-state index contributed by atoms with van der Waals surface area (Å²) in [5.74, 6) is 0.519. The number of esters is 2. The van der Waals surface area contributed by atoms with Crippen LogP contribution in [0.25, 0.3) is 0 Å². The molecule has 3 aromatic rings. The Morgan fingerprint density at radius 1 is 0.493 bits per heavy atom. The Hall–Kier alpha value is -5.06. The maximum Gasteiger partial charge on any atom is 0.306 e. The van der Waals surface area contributed by atoms with Gasteiger partial charge in [-0.25, -0.2) is 0 Å². The summed E-state index contributed by atoms with van der Waals surface area (Å²) in [7, 11) is 0.